The van der Waals surface area contributed by atoms with Crippen molar-refractivity contribution < 1.29 is 15.0 Å². The van der Waals surface area contributed by atoms with Crippen molar-refractivity contribution in [1.82, 2.24) is 0 Å². The first-order valence-electron chi connectivity index (χ1n) is 5.93. The Morgan fingerprint density at radius 1 is 1.44 bits per heavy atom. The lowest BCUT2D eigenvalue weighted by Crippen LogP contribution is -2.42. The summed E-state index contributed by atoms with van der Waals surface area (Å²) in [4.78, 5) is 12.1. The molecule has 1 aromatic carbocycles. The van der Waals surface area contributed by atoms with Gasteiger partial charge in [0.15, 0.2) is 5.60 Å². The minimum absolute atomic E-state index is 0.192. The van der Waals surface area contributed by atoms with Gasteiger partial charge in [-0.3, -0.25) is 0 Å². The first-order chi connectivity index (χ1) is 8.49. The number of benzene rings is 1. The largest absolute Gasteiger partial charge is 0.479 e. The highest BCUT2D eigenvalue weighted by atomic mass is 32.1. The number of aliphatic hydroxyl groups is 1. The molecule has 0 saturated carbocycles. The summed E-state index contributed by atoms with van der Waals surface area (Å²) in [6, 6.07) is 9.87. The number of carboxylic acids is 1. The smallest absolute Gasteiger partial charge is 0.336 e. The molecular formula is C14H16O3S. The van der Waals surface area contributed by atoms with E-state index in [1.165, 1.54) is 0 Å². The van der Waals surface area contributed by atoms with Crippen molar-refractivity contribution in [2.75, 3.05) is 0 Å². The molecule has 2 aromatic rings. The summed E-state index contributed by atoms with van der Waals surface area (Å²) in [5.74, 6) is -1.58. The summed E-state index contributed by atoms with van der Waals surface area (Å²) in [5, 5.41) is 20.5. The van der Waals surface area contributed by atoms with Crippen molar-refractivity contribution in [2.24, 2.45) is 0 Å². The van der Waals surface area contributed by atoms with Crippen LogP contribution in [0.2, 0.25) is 0 Å². The van der Waals surface area contributed by atoms with Crippen LogP contribution in [0.5, 0.6) is 0 Å². The van der Waals surface area contributed by atoms with E-state index in [2.05, 4.69) is 0 Å². The van der Waals surface area contributed by atoms with Crippen LogP contribution in [0.25, 0.3) is 10.1 Å². The summed E-state index contributed by atoms with van der Waals surface area (Å²) in [6.07, 6.45) is 0.192. The number of fused-ring (bicyclic) bond motifs is 1. The van der Waals surface area contributed by atoms with Crippen molar-refractivity contribution in [2.45, 2.75) is 31.8 Å². The molecule has 0 spiro atoms. The van der Waals surface area contributed by atoms with E-state index in [1.807, 2.05) is 30.3 Å². The Morgan fingerprint density at radius 2 is 2.11 bits per heavy atom. The van der Waals surface area contributed by atoms with Crippen LogP contribution in [0.15, 0.2) is 30.3 Å². The molecule has 0 fully saturated rings. The monoisotopic (exact) mass is 264 g/mol. The lowest BCUT2D eigenvalue weighted by molar-refractivity contribution is -0.161. The Bertz CT molecular complexity index is 542. The van der Waals surface area contributed by atoms with Gasteiger partial charge in [-0.25, -0.2) is 4.79 Å². The lowest BCUT2D eigenvalue weighted by Gasteiger charge is -2.27. The molecule has 2 rings (SSSR count). The van der Waals surface area contributed by atoms with E-state index in [-0.39, 0.29) is 6.42 Å². The van der Waals surface area contributed by atoms with Crippen LogP contribution < -0.4 is 0 Å². The molecule has 18 heavy (non-hydrogen) atoms. The summed E-state index contributed by atoms with van der Waals surface area (Å²) in [7, 11) is 0. The number of rotatable bonds is 4. The third-order valence-electron chi connectivity index (χ3n) is 3.50. The summed E-state index contributed by atoms with van der Waals surface area (Å²) < 4.78 is 1.11. The van der Waals surface area contributed by atoms with Crippen LogP contribution in [0.4, 0.5) is 0 Å². The molecular weight excluding hydrogens is 248 g/mol. The third-order valence-corrected chi connectivity index (χ3v) is 4.80. The van der Waals surface area contributed by atoms with E-state index < -0.39 is 17.5 Å². The van der Waals surface area contributed by atoms with Crippen molar-refractivity contribution in [3.05, 3.63) is 35.2 Å². The zero-order chi connectivity index (χ0) is 13.3. The molecule has 1 heterocycles. The van der Waals surface area contributed by atoms with E-state index in [0.717, 1.165) is 15.0 Å². The molecule has 0 aliphatic heterocycles. The van der Waals surface area contributed by atoms with Crippen molar-refractivity contribution in [1.29, 1.82) is 0 Å². The number of thiophene rings is 1. The van der Waals surface area contributed by atoms with E-state index >= 15 is 0 Å². The fraction of sp³-hybridized carbons (Fsp3) is 0.357. The molecule has 2 N–H and O–H groups in total. The summed E-state index contributed by atoms with van der Waals surface area (Å²) in [5.41, 5.74) is -1.69. The van der Waals surface area contributed by atoms with E-state index in [9.17, 15) is 15.0 Å². The number of carbonyl (C=O) groups is 1. The lowest BCUT2D eigenvalue weighted by atomic mass is 9.85. The second kappa shape index (κ2) is 4.71. The van der Waals surface area contributed by atoms with Gasteiger partial charge in [0.25, 0.3) is 0 Å². The second-order valence-corrected chi connectivity index (χ2v) is 5.61. The molecule has 2 atom stereocenters. The van der Waals surface area contributed by atoms with Crippen LogP contribution in [-0.2, 0) is 4.79 Å². The van der Waals surface area contributed by atoms with Gasteiger partial charge in [-0.1, -0.05) is 32.0 Å². The van der Waals surface area contributed by atoms with Crippen molar-refractivity contribution in [3.63, 3.8) is 0 Å². The highest BCUT2D eigenvalue weighted by molar-refractivity contribution is 7.19. The van der Waals surface area contributed by atoms with Crippen LogP contribution in [0.1, 0.15) is 31.1 Å². The first kappa shape index (κ1) is 13.1. The second-order valence-electron chi connectivity index (χ2n) is 4.49. The number of hydrogen-bond acceptors (Lipinski definition) is 3. The van der Waals surface area contributed by atoms with Gasteiger partial charge in [0.05, 0.1) is 0 Å². The fourth-order valence-corrected chi connectivity index (χ4v) is 3.30. The fourth-order valence-electron chi connectivity index (χ4n) is 2.09. The Hall–Kier alpha value is -1.39. The van der Waals surface area contributed by atoms with E-state index in [0.29, 0.717) is 0 Å². The summed E-state index contributed by atoms with van der Waals surface area (Å²) >= 11 is 1.54. The van der Waals surface area contributed by atoms with E-state index in [4.69, 9.17) is 0 Å². The van der Waals surface area contributed by atoms with Crippen LogP contribution in [0.3, 0.4) is 0 Å². The van der Waals surface area contributed by atoms with Gasteiger partial charge in [0.2, 0.25) is 0 Å². The number of aliphatic carboxylic acids is 1. The molecule has 0 bridgehead atoms. The standard InChI is InChI=1S/C14H16O3S/c1-3-14(17,13(15)16)9(2)12-8-10-6-4-5-7-11(10)18-12/h4-9,17H,3H2,1-2H3,(H,15,16). The average Bonchev–Trinajstić information content (AvgIpc) is 2.80. The highest BCUT2D eigenvalue weighted by Crippen LogP contribution is 2.37. The van der Waals surface area contributed by atoms with Crippen LogP contribution in [0, 0.1) is 0 Å². The SMILES string of the molecule is CCC(O)(C(=O)O)C(C)c1cc2ccccc2s1. The zero-order valence-corrected chi connectivity index (χ0v) is 11.2. The highest BCUT2D eigenvalue weighted by Gasteiger charge is 2.41. The van der Waals surface area contributed by atoms with Crippen LogP contribution in [-0.4, -0.2) is 21.8 Å². The number of carboxylic acid groups (broad SMARTS) is 1. The molecule has 2 unspecified atom stereocenters. The minimum Gasteiger partial charge on any atom is -0.479 e. The molecule has 4 heteroatoms. The number of hydrogen-bond donors (Lipinski definition) is 2. The van der Waals surface area contributed by atoms with Crippen LogP contribution >= 0.6 is 11.3 Å². The maximum atomic E-state index is 11.2. The Balaban J connectivity index is 2.44. The molecule has 0 saturated heterocycles. The maximum Gasteiger partial charge on any atom is 0.336 e. The first-order valence-corrected chi connectivity index (χ1v) is 6.75. The zero-order valence-electron chi connectivity index (χ0n) is 10.4. The topological polar surface area (TPSA) is 57.5 Å². The van der Waals surface area contributed by atoms with Gasteiger partial charge >= 0.3 is 5.97 Å². The Kier molecular flexibility index (Phi) is 3.41. The maximum absolute atomic E-state index is 11.2. The van der Waals surface area contributed by atoms with Gasteiger partial charge in [0, 0.05) is 15.5 Å². The minimum atomic E-state index is -1.69. The van der Waals surface area contributed by atoms with Crippen molar-refractivity contribution in [3.8, 4) is 0 Å². The average molecular weight is 264 g/mol. The molecule has 0 amide bonds. The molecule has 0 aliphatic rings. The Labute approximate surface area is 110 Å². The van der Waals surface area contributed by atoms with Gasteiger partial charge in [-0.2, -0.15) is 0 Å². The Morgan fingerprint density at radius 3 is 2.67 bits per heavy atom. The molecule has 96 valence electrons. The van der Waals surface area contributed by atoms with Gasteiger partial charge in [-0.15, -0.1) is 11.3 Å². The third kappa shape index (κ3) is 2.02. The molecule has 3 nitrogen and oxygen atoms in total. The van der Waals surface area contributed by atoms with Gasteiger partial charge in [0.1, 0.15) is 0 Å². The molecule has 1 aromatic heterocycles. The van der Waals surface area contributed by atoms with Gasteiger partial charge < -0.3 is 10.2 Å². The predicted molar refractivity (Wildman–Crippen MR) is 73.1 cm³/mol. The van der Waals surface area contributed by atoms with Gasteiger partial charge in [-0.05, 0) is 23.9 Å². The normalized spacial score (nSPS) is 16.4. The van der Waals surface area contributed by atoms with E-state index in [1.54, 1.807) is 25.2 Å². The molecule has 0 aliphatic carbocycles. The van der Waals surface area contributed by atoms with Crippen molar-refractivity contribution >= 4 is 27.4 Å². The molecule has 0 radical (unpaired) electrons. The summed E-state index contributed by atoms with van der Waals surface area (Å²) in [6.45, 7) is 3.46. The predicted octanol–water partition coefficient (Wildman–Crippen LogP) is 3.23. The quantitative estimate of drug-likeness (QED) is 0.891.